The number of rotatable bonds is 3. The van der Waals surface area contributed by atoms with Crippen LogP contribution in [0.3, 0.4) is 0 Å². The quantitative estimate of drug-likeness (QED) is 0.693. The van der Waals surface area contributed by atoms with Crippen LogP contribution in [0.2, 0.25) is 0 Å². The molecule has 0 amide bonds. The number of methoxy groups -OCH3 is 1. The van der Waals surface area contributed by atoms with Crippen molar-refractivity contribution in [1.29, 1.82) is 0 Å². The van der Waals surface area contributed by atoms with Crippen LogP contribution in [0.15, 0.2) is 11.8 Å². The van der Waals surface area contributed by atoms with Gasteiger partial charge in [-0.3, -0.25) is 4.79 Å². The molecule has 5 heteroatoms. The van der Waals surface area contributed by atoms with Gasteiger partial charge in [-0.15, -0.1) is 0 Å². The molecule has 0 saturated carbocycles. The van der Waals surface area contributed by atoms with Crippen molar-refractivity contribution in [2.24, 2.45) is 5.41 Å². The Morgan fingerprint density at radius 2 is 2.35 bits per heavy atom. The molecule has 94 valence electrons. The first-order valence-electron chi connectivity index (χ1n) is 5.76. The van der Waals surface area contributed by atoms with Crippen LogP contribution in [0.5, 0.6) is 0 Å². The van der Waals surface area contributed by atoms with Gasteiger partial charge in [0.1, 0.15) is 11.2 Å². The van der Waals surface area contributed by atoms with E-state index in [1.165, 1.54) is 7.11 Å². The summed E-state index contributed by atoms with van der Waals surface area (Å²) < 4.78 is 15.2. The fourth-order valence-corrected chi connectivity index (χ4v) is 2.46. The Hall–Kier alpha value is -1.52. The first-order chi connectivity index (χ1) is 8.14. The maximum absolute atomic E-state index is 12.0. The Kier molecular flexibility index (Phi) is 3.09. The van der Waals surface area contributed by atoms with Crippen molar-refractivity contribution in [2.75, 3.05) is 13.7 Å². The summed E-state index contributed by atoms with van der Waals surface area (Å²) in [5.74, 6) is -0.162. The highest BCUT2D eigenvalue weighted by Gasteiger charge is 2.56. The highest BCUT2D eigenvalue weighted by atomic mass is 16.6. The zero-order valence-corrected chi connectivity index (χ0v) is 10.0. The lowest BCUT2D eigenvalue weighted by Gasteiger charge is -2.21. The van der Waals surface area contributed by atoms with Crippen LogP contribution in [-0.2, 0) is 23.8 Å². The number of carbonyl (C=O) groups is 2. The summed E-state index contributed by atoms with van der Waals surface area (Å²) in [7, 11) is 1.31. The van der Waals surface area contributed by atoms with Crippen molar-refractivity contribution in [1.82, 2.24) is 0 Å². The van der Waals surface area contributed by atoms with E-state index in [1.807, 2.05) is 6.08 Å². The van der Waals surface area contributed by atoms with Gasteiger partial charge in [0.05, 0.1) is 13.7 Å². The Balaban J connectivity index is 2.19. The summed E-state index contributed by atoms with van der Waals surface area (Å²) in [6.07, 6.45) is 2.93. The lowest BCUT2D eigenvalue weighted by molar-refractivity contribution is -0.153. The van der Waals surface area contributed by atoms with Gasteiger partial charge < -0.3 is 14.2 Å². The molecule has 0 aromatic heterocycles. The molecule has 17 heavy (non-hydrogen) atoms. The van der Waals surface area contributed by atoms with Crippen LogP contribution < -0.4 is 0 Å². The maximum Gasteiger partial charge on any atom is 0.347 e. The third-order valence-corrected chi connectivity index (χ3v) is 3.31. The predicted molar refractivity (Wildman–Crippen MR) is 57.9 cm³/mol. The molecule has 2 atom stereocenters. The summed E-state index contributed by atoms with van der Waals surface area (Å²) in [6, 6.07) is 0. The maximum atomic E-state index is 12.0. The normalized spacial score (nSPS) is 30.2. The average Bonchev–Trinajstić information content (AvgIpc) is 2.85. The molecule has 5 nitrogen and oxygen atoms in total. The second-order valence-electron chi connectivity index (χ2n) is 4.24. The molecular weight excluding hydrogens is 224 g/mol. The second kappa shape index (κ2) is 4.39. The van der Waals surface area contributed by atoms with Crippen LogP contribution in [-0.4, -0.2) is 31.8 Å². The average molecular weight is 240 g/mol. The number of fused-ring (bicyclic) bond motifs is 1. The second-order valence-corrected chi connectivity index (χ2v) is 4.24. The van der Waals surface area contributed by atoms with Gasteiger partial charge in [-0.1, -0.05) is 0 Å². The summed E-state index contributed by atoms with van der Waals surface area (Å²) in [4.78, 5) is 23.5. The number of carbonyl (C=O) groups excluding carboxylic acids is 2. The molecule has 1 aliphatic carbocycles. The fourth-order valence-electron chi connectivity index (χ4n) is 2.46. The molecule has 0 bridgehead atoms. The molecule has 2 rings (SSSR count). The number of esters is 2. The fraction of sp³-hybridized carbons (Fsp3) is 0.667. The molecule has 0 spiro atoms. The zero-order valence-electron chi connectivity index (χ0n) is 10.0. The molecule has 0 aromatic rings. The third kappa shape index (κ3) is 1.79. The molecule has 0 radical (unpaired) electrons. The minimum absolute atomic E-state index is 0.296. The topological polar surface area (TPSA) is 61.8 Å². The van der Waals surface area contributed by atoms with E-state index >= 15 is 0 Å². The van der Waals surface area contributed by atoms with Crippen molar-refractivity contribution >= 4 is 11.9 Å². The summed E-state index contributed by atoms with van der Waals surface area (Å²) in [6.45, 7) is 2.09. The lowest BCUT2D eigenvalue weighted by atomic mass is 9.82. The third-order valence-electron chi connectivity index (χ3n) is 3.31. The minimum atomic E-state index is -0.755. The molecule has 0 N–H and O–H groups in total. The van der Waals surface area contributed by atoms with Crippen LogP contribution in [0, 0.1) is 5.41 Å². The predicted octanol–water partition coefficient (Wildman–Crippen LogP) is 1.18. The van der Waals surface area contributed by atoms with Crippen LogP contribution in [0.25, 0.3) is 0 Å². The van der Waals surface area contributed by atoms with E-state index in [4.69, 9.17) is 9.47 Å². The Bertz CT molecular complexity index is 373. The van der Waals surface area contributed by atoms with Gasteiger partial charge in [0, 0.05) is 6.42 Å². The van der Waals surface area contributed by atoms with E-state index in [0.717, 1.165) is 6.42 Å². The van der Waals surface area contributed by atoms with Crippen molar-refractivity contribution < 1.29 is 23.8 Å². The molecular formula is C12H16O5. The Morgan fingerprint density at radius 3 is 3.00 bits per heavy atom. The van der Waals surface area contributed by atoms with E-state index in [9.17, 15) is 9.59 Å². The molecule has 0 aromatic carbocycles. The molecule has 2 aliphatic rings. The molecule has 1 fully saturated rings. The zero-order chi connectivity index (χ0) is 12.5. The van der Waals surface area contributed by atoms with Crippen molar-refractivity contribution in [3.05, 3.63) is 11.8 Å². The van der Waals surface area contributed by atoms with Crippen LogP contribution in [0.1, 0.15) is 26.2 Å². The van der Waals surface area contributed by atoms with Gasteiger partial charge >= 0.3 is 11.9 Å². The van der Waals surface area contributed by atoms with Crippen LogP contribution in [0.4, 0.5) is 0 Å². The smallest absolute Gasteiger partial charge is 0.347 e. The highest BCUT2D eigenvalue weighted by molar-refractivity contribution is 5.84. The number of hydrogen-bond donors (Lipinski definition) is 0. The highest BCUT2D eigenvalue weighted by Crippen LogP contribution is 2.50. The molecule has 1 heterocycles. The summed E-state index contributed by atoms with van der Waals surface area (Å²) in [5.41, 5.74) is -0.755. The lowest BCUT2D eigenvalue weighted by Crippen LogP contribution is -2.32. The number of hydrogen-bond acceptors (Lipinski definition) is 5. The minimum Gasteiger partial charge on any atom is -0.482 e. The molecule has 1 saturated heterocycles. The van der Waals surface area contributed by atoms with Crippen molar-refractivity contribution in [3.8, 4) is 0 Å². The van der Waals surface area contributed by atoms with Crippen LogP contribution >= 0.6 is 0 Å². The van der Waals surface area contributed by atoms with E-state index < -0.39 is 17.5 Å². The van der Waals surface area contributed by atoms with E-state index in [-0.39, 0.29) is 5.97 Å². The van der Waals surface area contributed by atoms with Crippen molar-refractivity contribution in [2.45, 2.75) is 32.3 Å². The van der Waals surface area contributed by atoms with E-state index in [0.29, 0.717) is 25.2 Å². The van der Waals surface area contributed by atoms with Gasteiger partial charge in [-0.25, -0.2) is 4.79 Å². The monoisotopic (exact) mass is 240 g/mol. The molecule has 2 unspecified atom stereocenters. The summed E-state index contributed by atoms with van der Waals surface area (Å²) in [5, 5.41) is 0. The SMILES string of the molecule is CCOC(=O)C12CCC=C1OC(C(=O)OC)C2. The number of allylic oxidation sites excluding steroid dienone is 1. The van der Waals surface area contributed by atoms with E-state index in [2.05, 4.69) is 4.74 Å². The summed E-state index contributed by atoms with van der Waals surface area (Å²) >= 11 is 0. The Labute approximate surface area is 99.7 Å². The number of ether oxygens (including phenoxy) is 3. The van der Waals surface area contributed by atoms with E-state index in [1.54, 1.807) is 6.92 Å². The van der Waals surface area contributed by atoms with Crippen molar-refractivity contribution in [3.63, 3.8) is 0 Å². The standard InChI is InChI=1S/C12H16O5/c1-3-16-11(14)12-6-4-5-9(12)17-8(7-12)10(13)15-2/h5,8H,3-4,6-7H2,1-2H3. The van der Waals surface area contributed by atoms with Gasteiger partial charge in [0.2, 0.25) is 0 Å². The molecule has 1 aliphatic heterocycles. The van der Waals surface area contributed by atoms with Gasteiger partial charge in [0.15, 0.2) is 6.10 Å². The van der Waals surface area contributed by atoms with Gasteiger partial charge in [-0.2, -0.15) is 0 Å². The Morgan fingerprint density at radius 1 is 1.59 bits per heavy atom. The van der Waals surface area contributed by atoms with Gasteiger partial charge in [0.25, 0.3) is 0 Å². The first kappa shape index (κ1) is 12.0. The largest absolute Gasteiger partial charge is 0.482 e. The van der Waals surface area contributed by atoms with Gasteiger partial charge in [-0.05, 0) is 25.8 Å². The first-order valence-corrected chi connectivity index (χ1v) is 5.76.